The molecule has 0 aromatic heterocycles. The highest BCUT2D eigenvalue weighted by Gasteiger charge is 2.31. The molecule has 7 heteroatoms. The summed E-state index contributed by atoms with van der Waals surface area (Å²) in [5.41, 5.74) is 0. The van der Waals surface area contributed by atoms with Gasteiger partial charge in [-0.3, -0.25) is 0 Å². The molecule has 83 valence electrons. The summed E-state index contributed by atoms with van der Waals surface area (Å²) < 4.78 is 60.4. The van der Waals surface area contributed by atoms with Crippen molar-refractivity contribution < 1.29 is 26.3 Å². The zero-order valence-corrected chi connectivity index (χ0v) is 8.10. The Morgan fingerprint density at radius 3 is 1.93 bits per heavy atom. The Balaban J connectivity index is 2.92. The molecule has 15 heavy (non-hydrogen) atoms. The van der Waals surface area contributed by atoms with Crippen LogP contribution in [-0.4, -0.2) is 14.8 Å². The molecule has 0 spiro atoms. The average Bonchev–Trinajstić information content (AvgIpc) is 2.00. The Morgan fingerprint density at radius 1 is 1.13 bits per heavy atom. The maximum absolute atomic E-state index is 11.7. The monoisotopic (exact) mass is 239 g/mol. The molecule has 0 amide bonds. The summed E-state index contributed by atoms with van der Waals surface area (Å²) in [6.07, 6.45) is -1.93. The van der Waals surface area contributed by atoms with Gasteiger partial charge in [0.05, 0.1) is 11.2 Å². The highest BCUT2D eigenvalue weighted by atomic mass is 32.2. The van der Waals surface area contributed by atoms with Gasteiger partial charge in [0.2, 0.25) is 0 Å². The summed E-state index contributed by atoms with van der Waals surface area (Å²) in [5, 5.41) is 0. The number of benzene rings is 1. The van der Waals surface area contributed by atoms with Crippen molar-refractivity contribution in [2.75, 3.05) is 0 Å². The van der Waals surface area contributed by atoms with Crippen molar-refractivity contribution in [3.63, 3.8) is 0 Å². The van der Waals surface area contributed by atoms with E-state index in [2.05, 4.69) is 11.0 Å². The van der Waals surface area contributed by atoms with E-state index in [4.69, 9.17) is 0 Å². The third-order valence-corrected chi connectivity index (χ3v) is 2.41. The van der Waals surface area contributed by atoms with Crippen LogP contribution in [0.4, 0.5) is 13.2 Å². The van der Waals surface area contributed by atoms with E-state index in [1.54, 1.807) is 0 Å². The van der Waals surface area contributed by atoms with Gasteiger partial charge in [-0.05, 0) is 24.3 Å². The number of ether oxygens (including phenoxy) is 1. The van der Waals surface area contributed by atoms with Gasteiger partial charge in [-0.15, -0.1) is 13.2 Å². The van der Waals surface area contributed by atoms with Crippen LogP contribution in [0, 0.1) is 6.26 Å². The van der Waals surface area contributed by atoms with Crippen molar-refractivity contribution in [2.45, 2.75) is 11.3 Å². The number of halogens is 3. The van der Waals surface area contributed by atoms with Gasteiger partial charge in [0.15, 0.2) is 9.84 Å². The van der Waals surface area contributed by atoms with E-state index in [1.807, 2.05) is 0 Å². The summed E-state index contributed by atoms with van der Waals surface area (Å²) in [6, 6.07) is 3.80. The normalized spacial score (nSPS) is 12.5. The van der Waals surface area contributed by atoms with Crippen LogP contribution in [0.2, 0.25) is 0 Å². The predicted molar refractivity (Wildman–Crippen MR) is 45.7 cm³/mol. The quantitative estimate of drug-likeness (QED) is 0.794. The fourth-order valence-electron chi connectivity index (χ4n) is 0.849. The van der Waals surface area contributed by atoms with Crippen LogP contribution in [0.5, 0.6) is 5.75 Å². The minimum atomic E-state index is -4.79. The third-order valence-electron chi connectivity index (χ3n) is 1.42. The zero-order chi connectivity index (χ0) is 11.7. The summed E-state index contributed by atoms with van der Waals surface area (Å²) in [4.78, 5) is -0.169. The second-order valence-electron chi connectivity index (χ2n) is 2.63. The highest BCUT2D eigenvalue weighted by molar-refractivity contribution is 7.92. The van der Waals surface area contributed by atoms with Crippen molar-refractivity contribution in [3.8, 4) is 5.75 Å². The van der Waals surface area contributed by atoms with Crippen LogP contribution in [-0.2, 0) is 9.84 Å². The van der Waals surface area contributed by atoms with E-state index in [9.17, 15) is 21.6 Å². The molecule has 0 aliphatic rings. The Hall–Kier alpha value is -1.24. The van der Waals surface area contributed by atoms with E-state index < -0.39 is 21.9 Å². The number of rotatable bonds is 2. The van der Waals surface area contributed by atoms with Gasteiger partial charge in [-0.25, -0.2) is 8.42 Å². The second-order valence-corrected chi connectivity index (χ2v) is 4.33. The van der Waals surface area contributed by atoms with Gasteiger partial charge in [0.25, 0.3) is 0 Å². The maximum atomic E-state index is 11.7. The minimum Gasteiger partial charge on any atom is -0.406 e. The van der Waals surface area contributed by atoms with Crippen molar-refractivity contribution in [2.24, 2.45) is 0 Å². The number of hydrogen-bond acceptors (Lipinski definition) is 3. The zero-order valence-electron chi connectivity index (χ0n) is 7.28. The molecule has 0 saturated heterocycles. The van der Waals surface area contributed by atoms with Gasteiger partial charge < -0.3 is 4.74 Å². The molecule has 0 heterocycles. The lowest BCUT2D eigenvalue weighted by atomic mass is 10.3. The Kier molecular flexibility index (Phi) is 2.94. The molecule has 0 unspecified atom stereocenters. The van der Waals surface area contributed by atoms with Gasteiger partial charge >= 0.3 is 6.36 Å². The Bertz CT molecular complexity index is 433. The molecule has 0 atom stereocenters. The van der Waals surface area contributed by atoms with Crippen LogP contribution in [0.15, 0.2) is 29.2 Å². The molecule has 0 N–H and O–H groups in total. The second kappa shape index (κ2) is 3.73. The van der Waals surface area contributed by atoms with Crippen molar-refractivity contribution >= 4 is 9.84 Å². The van der Waals surface area contributed by atoms with Crippen LogP contribution in [0.1, 0.15) is 0 Å². The molecular weight excluding hydrogens is 233 g/mol. The first-order valence-electron chi connectivity index (χ1n) is 3.62. The molecule has 1 aromatic rings. The molecule has 0 aliphatic carbocycles. The lowest BCUT2D eigenvalue weighted by molar-refractivity contribution is -0.274. The minimum absolute atomic E-state index is 0.169. The first-order valence-corrected chi connectivity index (χ1v) is 5.27. The van der Waals surface area contributed by atoms with Crippen molar-refractivity contribution in [1.29, 1.82) is 0 Å². The van der Waals surface area contributed by atoms with Crippen LogP contribution < -0.4 is 4.74 Å². The van der Waals surface area contributed by atoms with E-state index in [1.165, 1.54) is 0 Å². The van der Waals surface area contributed by atoms with E-state index >= 15 is 0 Å². The summed E-state index contributed by atoms with van der Waals surface area (Å²) in [7, 11) is -3.65. The molecular formula is C8H6F3O3S. The maximum Gasteiger partial charge on any atom is 0.573 e. The topological polar surface area (TPSA) is 43.4 Å². The number of hydrogen-bond donors (Lipinski definition) is 0. The predicted octanol–water partition coefficient (Wildman–Crippen LogP) is 2.15. The van der Waals surface area contributed by atoms with E-state index in [0.717, 1.165) is 24.3 Å². The van der Waals surface area contributed by atoms with Gasteiger partial charge in [0.1, 0.15) is 5.75 Å². The highest BCUT2D eigenvalue weighted by Crippen LogP contribution is 2.23. The average molecular weight is 239 g/mol. The number of sulfone groups is 1. The Labute approximate surface area is 84.4 Å². The molecule has 1 radical (unpaired) electrons. The molecule has 0 saturated carbocycles. The Morgan fingerprint density at radius 2 is 1.60 bits per heavy atom. The molecule has 1 aromatic carbocycles. The van der Waals surface area contributed by atoms with Crippen molar-refractivity contribution in [1.82, 2.24) is 0 Å². The first-order chi connectivity index (χ1) is 6.68. The SMILES string of the molecule is [CH2]S(=O)(=O)c1ccc(OC(F)(F)F)cc1. The summed E-state index contributed by atoms with van der Waals surface area (Å²) in [5.74, 6) is -0.477. The first kappa shape index (κ1) is 11.8. The van der Waals surface area contributed by atoms with Crippen molar-refractivity contribution in [3.05, 3.63) is 30.5 Å². The summed E-state index contributed by atoms with van der Waals surface area (Å²) >= 11 is 0. The molecule has 1 rings (SSSR count). The fraction of sp³-hybridized carbons (Fsp3) is 0.125. The van der Waals surface area contributed by atoms with E-state index in [0.29, 0.717) is 0 Å². The molecule has 3 nitrogen and oxygen atoms in total. The largest absolute Gasteiger partial charge is 0.573 e. The molecule has 0 bridgehead atoms. The van der Waals surface area contributed by atoms with Gasteiger partial charge in [-0.2, -0.15) is 0 Å². The van der Waals surface area contributed by atoms with E-state index in [-0.39, 0.29) is 4.90 Å². The number of alkyl halides is 3. The fourth-order valence-corrected chi connectivity index (χ4v) is 1.40. The van der Waals surface area contributed by atoms with Crippen LogP contribution in [0.3, 0.4) is 0 Å². The smallest absolute Gasteiger partial charge is 0.406 e. The standard InChI is InChI=1S/C8H6F3O3S/c1-15(12,13)7-4-2-6(3-5-7)14-8(9,10)11/h2-5H,1H2. The molecule has 0 aliphatic heterocycles. The van der Waals surface area contributed by atoms with Gasteiger partial charge in [-0.1, -0.05) is 0 Å². The van der Waals surface area contributed by atoms with Crippen LogP contribution >= 0.6 is 0 Å². The lowest BCUT2D eigenvalue weighted by Gasteiger charge is -2.08. The summed E-state index contributed by atoms with van der Waals surface area (Å²) in [6.45, 7) is 0. The third kappa shape index (κ3) is 3.78. The molecule has 0 fully saturated rings. The van der Waals surface area contributed by atoms with Crippen LogP contribution in [0.25, 0.3) is 0 Å². The van der Waals surface area contributed by atoms with Gasteiger partial charge in [0, 0.05) is 0 Å². The lowest BCUT2D eigenvalue weighted by Crippen LogP contribution is -2.17.